The molecule has 0 radical (unpaired) electrons. The van der Waals surface area contributed by atoms with E-state index in [1.807, 2.05) is 0 Å². The average molecular weight is 179 g/mol. The number of ketones is 1. The number of nitrogens with zero attached hydrogens (tertiary/aromatic N) is 1. The van der Waals surface area contributed by atoms with Crippen LogP contribution in [0.15, 0.2) is 29.4 Å². The Hall–Kier alpha value is -1.71. The SMILES string of the molecule is CC(N=O)C(=O)c1cccc(O)c1. The van der Waals surface area contributed by atoms with Gasteiger partial charge in [0, 0.05) is 5.56 Å². The predicted molar refractivity (Wildman–Crippen MR) is 47.7 cm³/mol. The standard InChI is InChI=1S/C9H9NO3/c1-6(10-13)9(12)7-3-2-4-8(11)5-7/h2-6,11H,1H3. The second-order valence-electron chi connectivity index (χ2n) is 2.70. The summed E-state index contributed by atoms with van der Waals surface area (Å²) >= 11 is 0. The fraction of sp³-hybridized carbons (Fsp3) is 0.222. The highest BCUT2D eigenvalue weighted by Gasteiger charge is 2.15. The molecule has 68 valence electrons. The van der Waals surface area contributed by atoms with Gasteiger partial charge in [0.1, 0.15) is 5.75 Å². The monoisotopic (exact) mass is 179 g/mol. The summed E-state index contributed by atoms with van der Waals surface area (Å²) in [5.41, 5.74) is 0.298. The number of aromatic hydroxyl groups is 1. The van der Waals surface area contributed by atoms with E-state index in [0.717, 1.165) is 0 Å². The molecule has 0 spiro atoms. The zero-order chi connectivity index (χ0) is 9.84. The molecule has 0 saturated carbocycles. The van der Waals surface area contributed by atoms with Gasteiger partial charge in [-0.05, 0) is 19.1 Å². The van der Waals surface area contributed by atoms with Crippen LogP contribution in [0.3, 0.4) is 0 Å². The first kappa shape index (κ1) is 9.38. The molecule has 1 rings (SSSR count). The highest BCUT2D eigenvalue weighted by molar-refractivity contribution is 6.00. The van der Waals surface area contributed by atoms with Crippen molar-refractivity contribution in [3.8, 4) is 5.75 Å². The van der Waals surface area contributed by atoms with Crippen molar-refractivity contribution in [2.75, 3.05) is 0 Å². The Balaban J connectivity index is 2.95. The number of carbonyl (C=O) groups excluding carboxylic acids is 1. The Bertz CT molecular complexity index is 335. The zero-order valence-corrected chi connectivity index (χ0v) is 7.10. The summed E-state index contributed by atoms with van der Waals surface area (Å²) < 4.78 is 0. The molecule has 0 heterocycles. The van der Waals surface area contributed by atoms with Gasteiger partial charge in [0.2, 0.25) is 0 Å². The van der Waals surface area contributed by atoms with Crippen LogP contribution in [-0.2, 0) is 0 Å². The van der Waals surface area contributed by atoms with Crippen LogP contribution in [0.1, 0.15) is 17.3 Å². The van der Waals surface area contributed by atoms with E-state index in [2.05, 4.69) is 5.18 Å². The van der Waals surface area contributed by atoms with Crippen LogP contribution in [0.2, 0.25) is 0 Å². The number of hydrogen-bond donors (Lipinski definition) is 1. The Morgan fingerprint density at radius 3 is 2.77 bits per heavy atom. The lowest BCUT2D eigenvalue weighted by Gasteiger charge is -2.01. The van der Waals surface area contributed by atoms with E-state index >= 15 is 0 Å². The molecular formula is C9H9NO3. The molecule has 0 aromatic heterocycles. The highest BCUT2D eigenvalue weighted by atomic mass is 16.3. The number of phenols is 1. The maximum Gasteiger partial charge on any atom is 0.190 e. The predicted octanol–water partition coefficient (Wildman–Crippen LogP) is 1.73. The summed E-state index contributed by atoms with van der Waals surface area (Å²) in [6.45, 7) is 1.42. The third-order valence-electron chi connectivity index (χ3n) is 1.67. The highest BCUT2D eigenvalue weighted by Crippen LogP contribution is 2.13. The first-order valence-electron chi connectivity index (χ1n) is 3.81. The van der Waals surface area contributed by atoms with Crippen LogP contribution >= 0.6 is 0 Å². The number of benzene rings is 1. The Labute approximate surface area is 75.2 Å². The van der Waals surface area contributed by atoms with Gasteiger partial charge in [-0.1, -0.05) is 17.3 Å². The summed E-state index contributed by atoms with van der Waals surface area (Å²) in [6.07, 6.45) is 0. The number of hydrogen-bond acceptors (Lipinski definition) is 4. The van der Waals surface area contributed by atoms with Gasteiger partial charge in [0.15, 0.2) is 11.8 Å². The normalized spacial score (nSPS) is 12.1. The molecule has 4 heteroatoms. The van der Waals surface area contributed by atoms with E-state index in [-0.39, 0.29) is 11.5 Å². The minimum absolute atomic E-state index is 0.00366. The molecule has 1 N–H and O–H groups in total. The number of carbonyl (C=O) groups is 1. The minimum atomic E-state index is -0.901. The molecule has 1 aromatic carbocycles. The molecule has 4 nitrogen and oxygen atoms in total. The van der Waals surface area contributed by atoms with Gasteiger partial charge < -0.3 is 5.11 Å². The fourth-order valence-electron chi connectivity index (χ4n) is 0.948. The number of Topliss-reactive ketones (excluding diaryl/α,β-unsaturated/α-hetero) is 1. The second-order valence-corrected chi connectivity index (χ2v) is 2.70. The van der Waals surface area contributed by atoms with Crippen molar-refractivity contribution in [2.24, 2.45) is 5.18 Å². The van der Waals surface area contributed by atoms with Gasteiger partial charge in [0.05, 0.1) is 0 Å². The molecule has 0 saturated heterocycles. The molecule has 0 amide bonds. The van der Waals surface area contributed by atoms with Gasteiger partial charge in [0.25, 0.3) is 0 Å². The Morgan fingerprint density at radius 1 is 1.54 bits per heavy atom. The van der Waals surface area contributed by atoms with Gasteiger partial charge >= 0.3 is 0 Å². The number of rotatable bonds is 3. The Morgan fingerprint density at radius 2 is 2.23 bits per heavy atom. The molecule has 0 aliphatic heterocycles. The smallest absolute Gasteiger partial charge is 0.190 e. The van der Waals surface area contributed by atoms with Crippen molar-refractivity contribution >= 4 is 5.78 Å². The lowest BCUT2D eigenvalue weighted by Crippen LogP contribution is -2.13. The molecule has 0 aliphatic rings. The fourth-order valence-corrected chi connectivity index (χ4v) is 0.948. The van der Waals surface area contributed by atoms with Crippen molar-refractivity contribution in [1.82, 2.24) is 0 Å². The molecule has 13 heavy (non-hydrogen) atoms. The molecule has 1 unspecified atom stereocenters. The summed E-state index contributed by atoms with van der Waals surface area (Å²) in [5.74, 6) is -0.380. The largest absolute Gasteiger partial charge is 0.508 e. The quantitative estimate of drug-likeness (QED) is 0.567. The molecule has 0 fully saturated rings. The lowest BCUT2D eigenvalue weighted by atomic mass is 10.1. The second kappa shape index (κ2) is 3.80. The first-order chi connectivity index (χ1) is 6.15. The summed E-state index contributed by atoms with van der Waals surface area (Å²) in [5, 5.41) is 11.7. The topological polar surface area (TPSA) is 66.7 Å². The maximum atomic E-state index is 11.3. The maximum absolute atomic E-state index is 11.3. The van der Waals surface area contributed by atoms with Crippen molar-refractivity contribution < 1.29 is 9.90 Å². The summed E-state index contributed by atoms with van der Waals surface area (Å²) in [6, 6.07) is 4.94. The molecule has 0 aliphatic carbocycles. The van der Waals surface area contributed by atoms with E-state index < -0.39 is 6.04 Å². The van der Waals surface area contributed by atoms with Crippen LogP contribution in [0.25, 0.3) is 0 Å². The third kappa shape index (κ3) is 2.11. The van der Waals surface area contributed by atoms with Gasteiger partial charge in [-0.2, -0.15) is 4.91 Å². The van der Waals surface area contributed by atoms with E-state index in [1.54, 1.807) is 6.07 Å². The zero-order valence-electron chi connectivity index (χ0n) is 7.10. The van der Waals surface area contributed by atoms with Crippen LogP contribution < -0.4 is 0 Å². The third-order valence-corrected chi connectivity index (χ3v) is 1.67. The van der Waals surface area contributed by atoms with Crippen molar-refractivity contribution in [3.63, 3.8) is 0 Å². The van der Waals surface area contributed by atoms with Gasteiger partial charge in [-0.3, -0.25) is 4.79 Å². The number of phenolic OH excluding ortho intramolecular Hbond substituents is 1. The molecule has 0 bridgehead atoms. The lowest BCUT2D eigenvalue weighted by molar-refractivity contribution is 0.0968. The summed E-state index contributed by atoms with van der Waals surface area (Å²) in [4.78, 5) is 21.4. The van der Waals surface area contributed by atoms with Crippen LogP contribution in [0, 0.1) is 4.91 Å². The van der Waals surface area contributed by atoms with Crippen LogP contribution in [-0.4, -0.2) is 16.9 Å². The van der Waals surface area contributed by atoms with Crippen molar-refractivity contribution in [3.05, 3.63) is 34.7 Å². The van der Waals surface area contributed by atoms with Crippen molar-refractivity contribution in [1.29, 1.82) is 0 Å². The van der Waals surface area contributed by atoms with Gasteiger partial charge in [-0.25, -0.2) is 0 Å². The van der Waals surface area contributed by atoms with Crippen LogP contribution in [0.5, 0.6) is 5.75 Å². The van der Waals surface area contributed by atoms with E-state index in [9.17, 15) is 9.70 Å². The first-order valence-corrected chi connectivity index (χ1v) is 3.81. The average Bonchev–Trinajstić information content (AvgIpc) is 2.15. The van der Waals surface area contributed by atoms with Crippen LogP contribution in [0.4, 0.5) is 0 Å². The minimum Gasteiger partial charge on any atom is -0.508 e. The van der Waals surface area contributed by atoms with E-state index in [4.69, 9.17) is 5.11 Å². The van der Waals surface area contributed by atoms with Crippen molar-refractivity contribution in [2.45, 2.75) is 13.0 Å². The van der Waals surface area contributed by atoms with E-state index in [0.29, 0.717) is 5.56 Å². The summed E-state index contributed by atoms with van der Waals surface area (Å²) in [7, 11) is 0. The molecule has 1 atom stereocenters. The molecular weight excluding hydrogens is 170 g/mol. The Kier molecular flexibility index (Phi) is 2.74. The van der Waals surface area contributed by atoms with Gasteiger partial charge in [-0.15, -0.1) is 0 Å². The number of nitroso groups, excluding NO2 is 1. The molecule has 1 aromatic rings. The van der Waals surface area contributed by atoms with E-state index in [1.165, 1.54) is 25.1 Å².